The number of nitrogens with zero attached hydrogens (tertiary/aromatic N) is 1. The highest BCUT2D eigenvalue weighted by Gasteiger charge is 2.28. The van der Waals surface area contributed by atoms with Gasteiger partial charge in [0.1, 0.15) is 5.82 Å². The Hall–Kier alpha value is -1.09. The van der Waals surface area contributed by atoms with Gasteiger partial charge in [0.05, 0.1) is 0 Å². The lowest BCUT2D eigenvalue weighted by atomic mass is 10.1. The molecule has 3 heteroatoms. The summed E-state index contributed by atoms with van der Waals surface area (Å²) in [7, 11) is 0. The van der Waals surface area contributed by atoms with Crippen LogP contribution in [0.4, 0.5) is 10.1 Å². The maximum Gasteiger partial charge on any atom is 0.125 e. The van der Waals surface area contributed by atoms with Gasteiger partial charge in [-0.3, -0.25) is 0 Å². The number of hydrogen-bond donors (Lipinski definition) is 1. The lowest BCUT2D eigenvalue weighted by Gasteiger charge is -2.23. The van der Waals surface area contributed by atoms with Crippen molar-refractivity contribution in [2.75, 3.05) is 18.0 Å². The standard InChI is InChI=1S/C13H19FN2/c1-2-16(12-3-4-12)13-8-10(5-6-15)7-11(14)9-13/h7-9,12H,2-6,15H2,1H3. The topological polar surface area (TPSA) is 29.3 Å². The van der Waals surface area contributed by atoms with Gasteiger partial charge in [0.2, 0.25) is 0 Å². The van der Waals surface area contributed by atoms with Crippen molar-refractivity contribution in [1.82, 2.24) is 0 Å². The van der Waals surface area contributed by atoms with Crippen LogP contribution in [0.1, 0.15) is 25.3 Å². The van der Waals surface area contributed by atoms with Gasteiger partial charge < -0.3 is 10.6 Å². The second-order valence-corrected chi connectivity index (χ2v) is 4.37. The Kier molecular flexibility index (Phi) is 3.44. The van der Waals surface area contributed by atoms with Crippen molar-refractivity contribution in [3.63, 3.8) is 0 Å². The van der Waals surface area contributed by atoms with Crippen molar-refractivity contribution in [3.8, 4) is 0 Å². The Morgan fingerprint density at radius 2 is 2.12 bits per heavy atom. The van der Waals surface area contributed by atoms with Gasteiger partial charge in [-0.15, -0.1) is 0 Å². The van der Waals surface area contributed by atoms with E-state index in [1.807, 2.05) is 0 Å². The first-order valence-corrected chi connectivity index (χ1v) is 6.00. The predicted octanol–water partition coefficient (Wildman–Crippen LogP) is 2.32. The minimum absolute atomic E-state index is 0.153. The Morgan fingerprint density at radius 1 is 1.38 bits per heavy atom. The van der Waals surface area contributed by atoms with Crippen LogP contribution in [0.15, 0.2) is 18.2 Å². The fraction of sp³-hybridized carbons (Fsp3) is 0.538. The van der Waals surface area contributed by atoms with Gasteiger partial charge in [0.15, 0.2) is 0 Å². The summed E-state index contributed by atoms with van der Waals surface area (Å²) in [4.78, 5) is 2.28. The summed E-state index contributed by atoms with van der Waals surface area (Å²) in [6.45, 7) is 3.63. The van der Waals surface area contributed by atoms with Crippen LogP contribution in [0.25, 0.3) is 0 Å². The highest BCUT2D eigenvalue weighted by molar-refractivity contribution is 5.51. The summed E-state index contributed by atoms with van der Waals surface area (Å²) in [5, 5.41) is 0. The maximum absolute atomic E-state index is 13.5. The Morgan fingerprint density at radius 3 is 2.69 bits per heavy atom. The molecule has 0 aliphatic heterocycles. The van der Waals surface area contributed by atoms with Crippen LogP contribution in [0, 0.1) is 5.82 Å². The van der Waals surface area contributed by atoms with Crippen molar-refractivity contribution < 1.29 is 4.39 Å². The quantitative estimate of drug-likeness (QED) is 0.828. The van der Waals surface area contributed by atoms with E-state index in [0.717, 1.165) is 24.2 Å². The van der Waals surface area contributed by atoms with E-state index in [-0.39, 0.29) is 5.82 Å². The van der Waals surface area contributed by atoms with Crippen molar-refractivity contribution in [1.29, 1.82) is 0 Å². The summed E-state index contributed by atoms with van der Waals surface area (Å²) < 4.78 is 13.5. The molecule has 16 heavy (non-hydrogen) atoms. The zero-order chi connectivity index (χ0) is 11.5. The lowest BCUT2D eigenvalue weighted by Crippen LogP contribution is -2.25. The van der Waals surface area contributed by atoms with Gasteiger partial charge in [0, 0.05) is 18.3 Å². The first kappa shape index (κ1) is 11.4. The van der Waals surface area contributed by atoms with Crippen LogP contribution in [0.5, 0.6) is 0 Å². The zero-order valence-corrected chi connectivity index (χ0v) is 9.75. The summed E-state index contributed by atoms with van der Waals surface area (Å²) >= 11 is 0. The molecular weight excluding hydrogens is 203 g/mol. The number of nitrogens with two attached hydrogens (primary N) is 1. The maximum atomic E-state index is 13.5. The van der Waals surface area contributed by atoms with E-state index >= 15 is 0 Å². The molecule has 88 valence electrons. The van der Waals surface area contributed by atoms with Crippen molar-refractivity contribution in [2.45, 2.75) is 32.2 Å². The molecule has 2 N–H and O–H groups in total. The van der Waals surface area contributed by atoms with Gasteiger partial charge in [-0.2, -0.15) is 0 Å². The molecule has 0 bridgehead atoms. The average molecular weight is 222 g/mol. The molecule has 1 aliphatic rings. The monoisotopic (exact) mass is 222 g/mol. The second-order valence-electron chi connectivity index (χ2n) is 4.37. The molecule has 0 unspecified atom stereocenters. The minimum atomic E-state index is -0.153. The molecule has 1 saturated carbocycles. The molecule has 2 nitrogen and oxygen atoms in total. The van der Waals surface area contributed by atoms with E-state index in [9.17, 15) is 4.39 Å². The number of benzene rings is 1. The molecule has 2 rings (SSSR count). The summed E-state index contributed by atoms with van der Waals surface area (Å²) in [5.74, 6) is -0.153. The fourth-order valence-corrected chi connectivity index (χ4v) is 2.15. The molecule has 0 saturated heterocycles. The molecule has 0 atom stereocenters. The van der Waals surface area contributed by atoms with Crippen LogP contribution in [0.2, 0.25) is 0 Å². The second kappa shape index (κ2) is 4.83. The smallest absolute Gasteiger partial charge is 0.125 e. The van der Waals surface area contributed by atoms with Gasteiger partial charge in [-0.05, 0) is 56.5 Å². The number of anilines is 1. The highest BCUT2D eigenvalue weighted by Crippen LogP contribution is 2.32. The Balaban J connectivity index is 2.24. The first-order valence-electron chi connectivity index (χ1n) is 6.00. The van der Waals surface area contributed by atoms with Crippen LogP contribution in [-0.2, 0) is 6.42 Å². The van der Waals surface area contributed by atoms with Gasteiger partial charge >= 0.3 is 0 Å². The van der Waals surface area contributed by atoms with Gasteiger partial charge in [-0.25, -0.2) is 4.39 Å². The first-order chi connectivity index (χ1) is 7.74. The van der Waals surface area contributed by atoms with Crippen molar-refractivity contribution >= 4 is 5.69 Å². The van der Waals surface area contributed by atoms with Crippen LogP contribution in [0.3, 0.4) is 0 Å². The number of hydrogen-bond acceptors (Lipinski definition) is 2. The third-order valence-electron chi connectivity index (χ3n) is 3.04. The van der Waals surface area contributed by atoms with E-state index in [4.69, 9.17) is 5.73 Å². The van der Waals surface area contributed by atoms with E-state index in [2.05, 4.69) is 17.9 Å². The third-order valence-corrected chi connectivity index (χ3v) is 3.04. The van der Waals surface area contributed by atoms with E-state index in [1.54, 1.807) is 12.1 Å². The molecule has 1 aromatic carbocycles. The molecule has 0 heterocycles. The molecular formula is C13H19FN2. The number of halogens is 1. The molecule has 0 aromatic heterocycles. The highest BCUT2D eigenvalue weighted by atomic mass is 19.1. The normalized spacial score (nSPS) is 15.2. The lowest BCUT2D eigenvalue weighted by molar-refractivity contribution is 0.624. The SMILES string of the molecule is CCN(c1cc(F)cc(CCN)c1)C1CC1. The third kappa shape index (κ3) is 2.53. The van der Waals surface area contributed by atoms with Crippen LogP contribution in [-0.4, -0.2) is 19.1 Å². The van der Waals surface area contributed by atoms with Crippen LogP contribution >= 0.6 is 0 Å². The molecule has 1 fully saturated rings. The van der Waals surface area contributed by atoms with Crippen LogP contribution < -0.4 is 10.6 Å². The van der Waals surface area contributed by atoms with Crippen molar-refractivity contribution in [2.24, 2.45) is 5.73 Å². The predicted molar refractivity (Wildman–Crippen MR) is 65.2 cm³/mol. The average Bonchev–Trinajstić information content (AvgIpc) is 3.03. The van der Waals surface area contributed by atoms with E-state index in [1.165, 1.54) is 12.8 Å². The van der Waals surface area contributed by atoms with E-state index in [0.29, 0.717) is 12.6 Å². The minimum Gasteiger partial charge on any atom is -0.369 e. The van der Waals surface area contributed by atoms with Gasteiger partial charge in [0.25, 0.3) is 0 Å². The molecule has 1 aromatic rings. The van der Waals surface area contributed by atoms with Crippen molar-refractivity contribution in [3.05, 3.63) is 29.6 Å². The molecule has 0 radical (unpaired) electrons. The molecule has 0 spiro atoms. The van der Waals surface area contributed by atoms with Gasteiger partial charge in [-0.1, -0.05) is 0 Å². The molecule has 1 aliphatic carbocycles. The summed E-state index contributed by atoms with van der Waals surface area (Å²) in [6.07, 6.45) is 3.21. The molecule has 0 amide bonds. The Bertz CT molecular complexity index is 361. The summed E-state index contributed by atoms with van der Waals surface area (Å²) in [5.41, 5.74) is 7.51. The zero-order valence-electron chi connectivity index (χ0n) is 9.75. The Labute approximate surface area is 96.2 Å². The largest absolute Gasteiger partial charge is 0.369 e. The van der Waals surface area contributed by atoms with E-state index < -0.39 is 0 Å². The summed E-state index contributed by atoms with van der Waals surface area (Å²) in [6, 6.07) is 5.90. The fourth-order valence-electron chi connectivity index (χ4n) is 2.15. The number of rotatable bonds is 5.